The third kappa shape index (κ3) is 2.42. The number of amides is 1. The number of nitrogens with two attached hydrogens (primary N) is 1. The van der Waals surface area contributed by atoms with E-state index in [1.165, 1.54) is 51.4 Å². The van der Waals surface area contributed by atoms with Crippen LogP contribution in [0.2, 0.25) is 0 Å². The summed E-state index contributed by atoms with van der Waals surface area (Å²) in [6, 6.07) is 0. The first kappa shape index (κ1) is 14.0. The van der Waals surface area contributed by atoms with Gasteiger partial charge in [0, 0.05) is 12.5 Å². The smallest absolute Gasteiger partial charge is 0.224 e. The number of carbonyl (C=O) groups excluding carboxylic acids is 1. The Hall–Kier alpha value is -0.570. The van der Waals surface area contributed by atoms with Crippen LogP contribution in [0, 0.1) is 29.6 Å². The normalized spacial score (nSPS) is 43.8. The number of rotatable bonds is 3. The molecule has 5 aliphatic rings. The fourth-order valence-corrected chi connectivity index (χ4v) is 6.31. The van der Waals surface area contributed by atoms with Crippen molar-refractivity contribution in [3.63, 3.8) is 0 Å². The Labute approximate surface area is 128 Å². The second-order valence-electron chi connectivity index (χ2n) is 8.49. The van der Waals surface area contributed by atoms with Gasteiger partial charge in [-0.2, -0.15) is 0 Å². The molecule has 118 valence electrons. The van der Waals surface area contributed by atoms with Gasteiger partial charge < -0.3 is 11.1 Å². The summed E-state index contributed by atoms with van der Waals surface area (Å²) in [6.45, 7) is 0.617. The Morgan fingerprint density at radius 2 is 1.52 bits per heavy atom. The molecule has 0 aromatic carbocycles. The third-order valence-electron chi connectivity index (χ3n) is 7.12. The molecule has 3 N–H and O–H groups in total. The molecular weight excluding hydrogens is 260 g/mol. The van der Waals surface area contributed by atoms with Crippen LogP contribution >= 0.6 is 0 Å². The molecule has 0 aromatic heterocycles. The molecule has 4 bridgehead atoms. The van der Waals surface area contributed by atoms with Crippen molar-refractivity contribution in [1.29, 1.82) is 0 Å². The lowest BCUT2D eigenvalue weighted by Crippen LogP contribution is -2.59. The van der Waals surface area contributed by atoms with E-state index in [2.05, 4.69) is 5.32 Å². The Bertz CT molecular complexity index is 385. The predicted molar refractivity (Wildman–Crippen MR) is 83.5 cm³/mol. The molecule has 3 nitrogen and oxygen atoms in total. The predicted octanol–water partition coefficient (Wildman–Crippen LogP) is 2.84. The molecule has 5 saturated carbocycles. The van der Waals surface area contributed by atoms with Gasteiger partial charge >= 0.3 is 0 Å². The van der Waals surface area contributed by atoms with Crippen molar-refractivity contribution in [3.05, 3.63) is 0 Å². The molecule has 0 aromatic rings. The highest BCUT2D eigenvalue weighted by atomic mass is 16.2. The van der Waals surface area contributed by atoms with Crippen LogP contribution < -0.4 is 11.1 Å². The molecule has 0 spiro atoms. The zero-order valence-electron chi connectivity index (χ0n) is 13.2. The minimum atomic E-state index is -0.0794. The molecule has 5 rings (SSSR count). The third-order valence-corrected chi connectivity index (χ3v) is 7.12. The number of nitrogens with one attached hydrogen (secondary N) is 1. The fourth-order valence-electron chi connectivity index (χ4n) is 6.31. The van der Waals surface area contributed by atoms with Crippen LogP contribution in [0.15, 0.2) is 0 Å². The average molecular weight is 290 g/mol. The molecular formula is C18H30N2O. The van der Waals surface area contributed by atoms with Crippen LogP contribution in [0.3, 0.4) is 0 Å². The van der Waals surface area contributed by atoms with Crippen molar-refractivity contribution in [1.82, 2.24) is 5.32 Å². The van der Waals surface area contributed by atoms with Crippen LogP contribution in [0.25, 0.3) is 0 Å². The van der Waals surface area contributed by atoms with Crippen molar-refractivity contribution >= 4 is 5.91 Å². The molecule has 21 heavy (non-hydrogen) atoms. The second-order valence-corrected chi connectivity index (χ2v) is 8.49. The van der Waals surface area contributed by atoms with Crippen LogP contribution in [0.4, 0.5) is 0 Å². The molecule has 0 radical (unpaired) electrons. The van der Waals surface area contributed by atoms with E-state index >= 15 is 0 Å². The van der Waals surface area contributed by atoms with Crippen molar-refractivity contribution in [2.75, 3.05) is 6.54 Å². The maximum absolute atomic E-state index is 13.0. The quantitative estimate of drug-likeness (QED) is 0.840. The summed E-state index contributed by atoms with van der Waals surface area (Å²) in [5, 5.41) is 3.45. The summed E-state index contributed by atoms with van der Waals surface area (Å²) in [7, 11) is 0. The van der Waals surface area contributed by atoms with Crippen molar-refractivity contribution in [2.45, 2.75) is 69.7 Å². The van der Waals surface area contributed by atoms with E-state index in [0.29, 0.717) is 30.2 Å². The van der Waals surface area contributed by atoms with Crippen molar-refractivity contribution in [3.8, 4) is 0 Å². The van der Waals surface area contributed by atoms with E-state index < -0.39 is 0 Å². The van der Waals surface area contributed by atoms with Crippen molar-refractivity contribution in [2.24, 2.45) is 35.3 Å². The molecule has 1 amide bonds. The number of carbonyl (C=O) groups is 1. The summed E-state index contributed by atoms with van der Waals surface area (Å²) < 4.78 is 0. The average Bonchev–Trinajstić information content (AvgIpc) is 2.47. The van der Waals surface area contributed by atoms with Gasteiger partial charge in [-0.15, -0.1) is 0 Å². The van der Waals surface area contributed by atoms with Gasteiger partial charge in [-0.05, 0) is 68.6 Å². The van der Waals surface area contributed by atoms with Crippen LogP contribution in [0.1, 0.15) is 64.2 Å². The van der Waals surface area contributed by atoms with Gasteiger partial charge in [-0.25, -0.2) is 0 Å². The topological polar surface area (TPSA) is 55.1 Å². The highest BCUT2D eigenvalue weighted by Gasteiger charge is 2.51. The molecule has 0 unspecified atom stereocenters. The van der Waals surface area contributed by atoms with E-state index in [1.54, 1.807) is 0 Å². The van der Waals surface area contributed by atoms with Crippen LogP contribution in [-0.2, 0) is 4.79 Å². The molecule has 0 aliphatic heterocycles. The second kappa shape index (κ2) is 5.26. The number of hydrogen-bond donors (Lipinski definition) is 2. The first-order valence-electron chi connectivity index (χ1n) is 9.21. The molecule has 5 aliphatic carbocycles. The van der Waals surface area contributed by atoms with Crippen LogP contribution in [-0.4, -0.2) is 18.0 Å². The molecule has 0 heterocycles. The first-order valence-corrected chi connectivity index (χ1v) is 9.21. The zero-order chi connectivity index (χ0) is 14.4. The van der Waals surface area contributed by atoms with E-state index in [4.69, 9.17) is 5.73 Å². The Kier molecular flexibility index (Phi) is 3.52. The van der Waals surface area contributed by atoms with Crippen molar-refractivity contribution < 1.29 is 4.79 Å². The van der Waals surface area contributed by atoms with Gasteiger partial charge in [0.1, 0.15) is 0 Å². The summed E-state index contributed by atoms with van der Waals surface area (Å²) in [6.07, 6.45) is 12.6. The number of hydrogen-bond acceptors (Lipinski definition) is 2. The standard InChI is InChI=1S/C18H30N2O/c19-11-18(4-2-1-3-5-18)20-17(21)16-14-7-12-6-13(9-14)10-15(16)8-12/h12-16H,1-11,19H2,(H,20,21). The molecule has 0 saturated heterocycles. The van der Waals surface area contributed by atoms with E-state index in [9.17, 15) is 4.79 Å². The lowest BCUT2D eigenvalue weighted by Gasteiger charge is -2.54. The summed E-state index contributed by atoms with van der Waals surface area (Å²) in [4.78, 5) is 13.0. The molecule has 3 heteroatoms. The molecule has 0 atom stereocenters. The first-order chi connectivity index (χ1) is 10.2. The maximum Gasteiger partial charge on any atom is 0.224 e. The van der Waals surface area contributed by atoms with Gasteiger partial charge in [-0.1, -0.05) is 19.3 Å². The SMILES string of the molecule is NCC1(NC(=O)C2C3CC4CC(C3)CC2C4)CCCCC1. The van der Waals surface area contributed by atoms with E-state index in [1.807, 2.05) is 0 Å². The van der Waals surface area contributed by atoms with Gasteiger partial charge in [0.2, 0.25) is 5.91 Å². The van der Waals surface area contributed by atoms with Gasteiger partial charge in [0.05, 0.1) is 5.54 Å². The van der Waals surface area contributed by atoms with Gasteiger partial charge in [0.25, 0.3) is 0 Å². The van der Waals surface area contributed by atoms with E-state index in [-0.39, 0.29) is 5.54 Å². The Morgan fingerprint density at radius 1 is 0.952 bits per heavy atom. The summed E-state index contributed by atoms with van der Waals surface area (Å²) >= 11 is 0. The summed E-state index contributed by atoms with van der Waals surface area (Å²) in [5.74, 6) is 3.91. The zero-order valence-corrected chi connectivity index (χ0v) is 13.2. The monoisotopic (exact) mass is 290 g/mol. The maximum atomic E-state index is 13.0. The molecule has 5 fully saturated rings. The lowest BCUT2D eigenvalue weighted by atomic mass is 9.51. The highest BCUT2D eigenvalue weighted by Crippen LogP contribution is 2.56. The lowest BCUT2D eigenvalue weighted by molar-refractivity contribution is -0.140. The minimum Gasteiger partial charge on any atom is -0.349 e. The Morgan fingerprint density at radius 3 is 2.05 bits per heavy atom. The largest absolute Gasteiger partial charge is 0.349 e. The van der Waals surface area contributed by atoms with Crippen LogP contribution in [0.5, 0.6) is 0 Å². The fraction of sp³-hybridized carbons (Fsp3) is 0.944. The Balaban J connectivity index is 1.47. The summed E-state index contributed by atoms with van der Waals surface area (Å²) in [5.41, 5.74) is 5.97. The highest BCUT2D eigenvalue weighted by molar-refractivity contribution is 5.80. The van der Waals surface area contributed by atoms with Gasteiger partial charge in [-0.3, -0.25) is 4.79 Å². The van der Waals surface area contributed by atoms with E-state index in [0.717, 1.165) is 24.7 Å². The minimum absolute atomic E-state index is 0.0794. The van der Waals surface area contributed by atoms with Gasteiger partial charge in [0.15, 0.2) is 0 Å².